The lowest BCUT2D eigenvalue weighted by Gasteiger charge is -2.30. The number of nitrogens with one attached hydrogen (secondary N) is 1. The molecule has 460 valence electrons. The second-order valence-electron chi connectivity index (χ2n) is 24.3. The first-order chi connectivity index (χ1) is 37.9. The van der Waals surface area contributed by atoms with Crippen molar-refractivity contribution in [3.63, 3.8) is 0 Å². The van der Waals surface area contributed by atoms with Gasteiger partial charge in [0.2, 0.25) is 5.91 Å². The van der Waals surface area contributed by atoms with E-state index in [0.717, 1.165) is 64.2 Å². The number of quaternary nitrogens is 1. The molecule has 0 spiro atoms. The number of carbonyl (C=O) groups is 2. The first-order valence-corrected chi connectivity index (χ1v) is 35.3. The van der Waals surface area contributed by atoms with Crippen LogP contribution in [-0.4, -0.2) is 69.4 Å². The molecule has 0 rings (SSSR count). The predicted molar refractivity (Wildman–Crippen MR) is 335 cm³/mol. The SMILES string of the molecule is CCCCC/C=C\C/C=C\CCCCCCCCCCCCCCCCCCCC(=O)OC(/C=C\CCCCCCCCCCCC)C(COP(=O)([O-])OCC[N+](C)(C)C)NC(=O)CCCCCCCCCCCCCCC. The van der Waals surface area contributed by atoms with Gasteiger partial charge in [0.05, 0.1) is 33.8 Å². The highest BCUT2D eigenvalue weighted by Gasteiger charge is 2.27. The first kappa shape index (κ1) is 76.2. The Labute approximate surface area is 485 Å². The number of hydrogen-bond donors (Lipinski definition) is 1. The molecular formula is C68H131N2O7P. The number of unbranched alkanes of at least 4 members (excludes halogenated alkanes) is 42. The number of phosphoric ester groups is 1. The van der Waals surface area contributed by atoms with E-state index in [2.05, 4.69) is 50.4 Å². The fourth-order valence-corrected chi connectivity index (χ4v) is 10.8. The van der Waals surface area contributed by atoms with Gasteiger partial charge in [0.15, 0.2) is 0 Å². The van der Waals surface area contributed by atoms with Crippen LogP contribution in [0.15, 0.2) is 36.5 Å². The lowest BCUT2D eigenvalue weighted by atomic mass is 10.0. The van der Waals surface area contributed by atoms with Crippen molar-refractivity contribution in [1.82, 2.24) is 5.32 Å². The van der Waals surface area contributed by atoms with Crippen LogP contribution in [0.3, 0.4) is 0 Å². The molecule has 10 heteroatoms. The van der Waals surface area contributed by atoms with Gasteiger partial charge in [-0.2, -0.15) is 0 Å². The van der Waals surface area contributed by atoms with Crippen molar-refractivity contribution in [1.29, 1.82) is 0 Å². The molecule has 0 aliphatic rings. The number of rotatable bonds is 62. The lowest BCUT2D eigenvalue weighted by molar-refractivity contribution is -0.870. The average Bonchev–Trinajstić information content (AvgIpc) is 3.40. The average molecular weight is 1120 g/mol. The Morgan fingerprint density at radius 2 is 0.782 bits per heavy atom. The maximum Gasteiger partial charge on any atom is 0.306 e. The third-order valence-corrected chi connectivity index (χ3v) is 16.3. The third-order valence-electron chi connectivity index (χ3n) is 15.3. The van der Waals surface area contributed by atoms with Crippen molar-refractivity contribution in [2.24, 2.45) is 0 Å². The van der Waals surface area contributed by atoms with E-state index in [4.69, 9.17) is 13.8 Å². The van der Waals surface area contributed by atoms with E-state index in [9.17, 15) is 19.0 Å². The van der Waals surface area contributed by atoms with Crippen LogP contribution in [0.5, 0.6) is 0 Å². The van der Waals surface area contributed by atoms with Gasteiger partial charge in [-0.3, -0.25) is 14.2 Å². The highest BCUT2D eigenvalue weighted by Crippen LogP contribution is 2.38. The van der Waals surface area contributed by atoms with Crippen molar-refractivity contribution >= 4 is 19.7 Å². The molecule has 0 bridgehead atoms. The van der Waals surface area contributed by atoms with Crippen LogP contribution < -0.4 is 10.2 Å². The Morgan fingerprint density at radius 1 is 0.449 bits per heavy atom. The quantitative estimate of drug-likeness (QED) is 0.0212. The van der Waals surface area contributed by atoms with Crippen LogP contribution in [0.4, 0.5) is 0 Å². The molecule has 0 heterocycles. The fraction of sp³-hybridized carbons (Fsp3) is 0.882. The normalized spacial score (nSPS) is 13.8. The number of amides is 1. The summed E-state index contributed by atoms with van der Waals surface area (Å²) < 4.78 is 30.4. The Balaban J connectivity index is 4.96. The number of esters is 1. The second-order valence-corrected chi connectivity index (χ2v) is 25.7. The Morgan fingerprint density at radius 3 is 1.18 bits per heavy atom. The van der Waals surface area contributed by atoms with Crippen molar-refractivity contribution < 1.29 is 37.3 Å². The van der Waals surface area contributed by atoms with Gasteiger partial charge in [-0.25, -0.2) is 0 Å². The lowest BCUT2D eigenvalue weighted by Crippen LogP contribution is -2.47. The van der Waals surface area contributed by atoms with Gasteiger partial charge in [0.25, 0.3) is 7.82 Å². The molecule has 0 fully saturated rings. The predicted octanol–water partition coefficient (Wildman–Crippen LogP) is 20.4. The van der Waals surface area contributed by atoms with Crippen LogP contribution in [-0.2, 0) is 27.9 Å². The monoisotopic (exact) mass is 1120 g/mol. The number of carbonyl (C=O) groups excluding carboxylic acids is 2. The van der Waals surface area contributed by atoms with Crippen LogP contribution in [0.1, 0.15) is 335 Å². The van der Waals surface area contributed by atoms with E-state index in [1.807, 2.05) is 33.3 Å². The van der Waals surface area contributed by atoms with Gasteiger partial charge < -0.3 is 28.5 Å². The minimum atomic E-state index is -4.69. The van der Waals surface area contributed by atoms with Crippen molar-refractivity contribution in [3.05, 3.63) is 36.5 Å². The van der Waals surface area contributed by atoms with Gasteiger partial charge >= 0.3 is 5.97 Å². The number of nitrogens with zero attached hydrogens (tertiary/aromatic N) is 1. The fourth-order valence-electron chi connectivity index (χ4n) is 10.1. The number of likely N-dealkylation sites (N-methyl/N-ethyl adjacent to an activating group) is 1. The number of hydrogen-bond acceptors (Lipinski definition) is 7. The summed E-state index contributed by atoms with van der Waals surface area (Å²) in [5, 5.41) is 3.04. The molecule has 9 nitrogen and oxygen atoms in total. The standard InChI is InChI=1S/C68H131N2O7P/c1-7-10-13-16-19-22-25-28-29-30-31-32-33-34-35-36-37-38-39-40-41-43-46-49-52-55-58-61-68(72)77-66(59-56-53-50-47-44-27-24-21-18-15-12-9-3)65(64-76-78(73,74)75-63-62-70(4,5)6)69-67(71)60-57-54-51-48-45-42-26-23-20-17-14-11-8-2/h19,22,28-29,56,59,65-66H,7-18,20-21,23-27,30-55,57-58,60-64H2,1-6H3,(H-,69,71,73,74)/b22-19-,29-28-,59-56-. The van der Waals surface area contributed by atoms with E-state index in [0.29, 0.717) is 17.4 Å². The van der Waals surface area contributed by atoms with E-state index in [1.54, 1.807) is 0 Å². The zero-order valence-corrected chi connectivity index (χ0v) is 53.5. The summed E-state index contributed by atoms with van der Waals surface area (Å²) in [5.41, 5.74) is 0. The number of ether oxygens (including phenoxy) is 1. The molecule has 0 aliphatic heterocycles. The van der Waals surface area contributed by atoms with Crippen LogP contribution >= 0.6 is 7.82 Å². The zero-order valence-electron chi connectivity index (χ0n) is 52.6. The Kier molecular flexibility index (Phi) is 57.1. The molecular weight excluding hydrogens is 988 g/mol. The summed E-state index contributed by atoms with van der Waals surface area (Å²) in [6.07, 6.45) is 71.2. The largest absolute Gasteiger partial charge is 0.756 e. The summed E-state index contributed by atoms with van der Waals surface area (Å²) in [6, 6.07) is -0.882. The van der Waals surface area contributed by atoms with Crippen LogP contribution in [0.25, 0.3) is 0 Å². The van der Waals surface area contributed by atoms with Gasteiger partial charge in [-0.05, 0) is 63.9 Å². The topological polar surface area (TPSA) is 114 Å². The molecule has 78 heavy (non-hydrogen) atoms. The van der Waals surface area contributed by atoms with Gasteiger partial charge in [-0.1, -0.05) is 295 Å². The van der Waals surface area contributed by atoms with E-state index >= 15 is 0 Å². The maximum absolute atomic E-state index is 13.5. The minimum Gasteiger partial charge on any atom is -0.756 e. The molecule has 0 aromatic carbocycles. The summed E-state index contributed by atoms with van der Waals surface area (Å²) in [6.45, 7) is 6.86. The van der Waals surface area contributed by atoms with Crippen molar-refractivity contribution in [3.8, 4) is 0 Å². The molecule has 1 amide bonds. The van der Waals surface area contributed by atoms with Crippen LogP contribution in [0, 0.1) is 0 Å². The summed E-state index contributed by atoms with van der Waals surface area (Å²) in [5.74, 6) is -0.524. The molecule has 0 saturated carbocycles. The maximum atomic E-state index is 13.5. The molecule has 0 aromatic heterocycles. The second kappa shape index (κ2) is 58.4. The smallest absolute Gasteiger partial charge is 0.306 e. The molecule has 0 radical (unpaired) electrons. The number of allylic oxidation sites excluding steroid dienone is 5. The zero-order chi connectivity index (χ0) is 57.2. The first-order valence-electron chi connectivity index (χ1n) is 33.8. The number of phosphoric acid groups is 1. The van der Waals surface area contributed by atoms with Crippen molar-refractivity contribution in [2.45, 2.75) is 348 Å². The van der Waals surface area contributed by atoms with Gasteiger partial charge in [0.1, 0.15) is 19.3 Å². The van der Waals surface area contributed by atoms with Gasteiger partial charge in [0, 0.05) is 12.8 Å². The van der Waals surface area contributed by atoms with E-state index < -0.39 is 20.0 Å². The summed E-state index contributed by atoms with van der Waals surface area (Å²) in [4.78, 5) is 40.0. The highest BCUT2D eigenvalue weighted by molar-refractivity contribution is 7.45. The Bertz CT molecular complexity index is 1430. The van der Waals surface area contributed by atoms with Crippen molar-refractivity contribution in [2.75, 3.05) is 40.9 Å². The Hall–Kier alpha value is -1.77. The molecule has 3 unspecified atom stereocenters. The van der Waals surface area contributed by atoms with Crippen LogP contribution in [0.2, 0.25) is 0 Å². The molecule has 1 N–H and O–H groups in total. The third kappa shape index (κ3) is 58.9. The summed E-state index contributed by atoms with van der Waals surface area (Å²) in [7, 11) is 1.20. The summed E-state index contributed by atoms with van der Waals surface area (Å²) >= 11 is 0. The molecule has 0 aromatic rings. The van der Waals surface area contributed by atoms with E-state index in [1.165, 1.54) is 238 Å². The highest BCUT2D eigenvalue weighted by atomic mass is 31.2. The molecule has 0 aliphatic carbocycles. The minimum absolute atomic E-state index is 0.0188. The molecule has 3 atom stereocenters. The molecule has 0 saturated heterocycles. The van der Waals surface area contributed by atoms with E-state index in [-0.39, 0.29) is 31.5 Å². The van der Waals surface area contributed by atoms with Gasteiger partial charge in [-0.15, -0.1) is 0 Å².